The molecule has 0 radical (unpaired) electrons. The molecular weight excluding hydrogens is 234 g/mol. The summed E-state index contributed by atoms with van der Waals surface area (Å²) in [7, 11) is 0. The Balaban J connectivity index is 2.05. The number of benzene rings is 1. The van der Waals surface area contributed by atoms with Gasteiger partial charge in [0.1, 0.15) is 5.75 Å². The molecule has 0 aliphatic rings. The molecule has 94 valence electrons. The first-order chi connectivity index (χ1) is 8.56. The first kappa shape index (κ1) is 12.0. The third kappa shape index (κ3) is 2.60. The number of aromatic nitrogens is 1. The van der Waals surface area contributed by atoms with Crippen molar-refractivity contribution in [3.63, 3.8) is 0 Å². The van der Waals surface area contributed by atoms with Gasteiger partial charge in [0.25, 0.3) is 5.91 Å². The van der Waals surface area contributed by atoms with Gasteiger partial charge in [-0.1, -0.05) is 5.16 Å². The van der Waals surface area contributed by atoms with Crippen LogP contribution < -0.4 is 11.1 Å². The van der Waals surface area contributed by atoms with Gasteiger partial charge < -0.3 is 20.7 Å². The van der Waals surface area contributed by atoms with E-state index in [1.54, 1.807) is 13.0 Å². The fourth-order valence-electron chi connectivity index (χ4n) is 1.50. The van der Waals surface area contributed by atoms with E-state index in [-0.39, 0.29) is 23.8 Å². The number of nitrogens with two attached hydrogens (primary N) is 1. The highest BCUT2D eigenvalue weighted by Gasteiger charge is 2.11. The van der Waals surface area contributed by atoms with Gasteiger partial charge in [-0.2, -0.15) is 0 Å². The quantitative estimate of drug-likeness (QED) is 0.558. The van der Waals surface area contributed by atoms with Crippen LogP contribution in [0.5, 0.6) is 5.75 Å². The van der Waals surface area contributed by atoms with Crippen molar-refractivity contribution in [3.8, 4) is 5.75 Å². The number of aryl methyl sites for hydroxylation is 1. The largest absolute Gasteiger partial charge is 0.508 e. The average Bonchev–Trinajstić information content (AvgIpc) is 2.75. The van der Waals surface area contributed by atoms with Gasteiger partial charge in [-0.15, -0.1) is 0 Å². The van der Waals surface area contributed by atoms with E-state index >= 15 is 0 Å². The Hall–Kier alpha value is -2.50. The molecule has 2 aromatic rings. The van der Waals surface area contributed by atoms with Gasteiger partial charge in [0.05, 0.1) is 17.8 Å². The van der Waals surface area contributed by atoms with Crippen LogP contribution in [0.25, 0.3) is 0 Å². The average molecular weight is 247 g/mol. The Morgan fingerprint density at radius 2 is 2.28 bits per heavy atom. The lowest BCUT2D eigenvalue weighted by atomic mass is 10.1. The number of carbonyl (C=O) groups excluding carboxylic acids is 1. The fourth-order valence-corrected chi connectivity index (χ4v) is 1.50. The van der Waals surface area contributed by atoms with Crippen LogP contribution in [0.2, 0.25) is 0 Å². The van der Waals surface area contributed by atoms with Gasteiger partial charge in [0.15, 0.2) is 5.76 Å². The summed E-state index contributed by atoms with van der Waals surface area (Å²) in [5, 5.41) is 15.7. The summed E-state index contributed by atoms with van der Waals surface area (Å²) >= 11 is 0. The lowest BCUT2D eigenvalue weighted by Crippen LogP contribution is -2.23. The van der Waals surface area contributed by atoms with E-state index < -0.39 is 0 Å². The molecule has 1 aromatic heterocycles. The molecule has 1 aromatic carbocycles. The normalized spacial score (nSPS) is 10.3. The second kappa shape index (κ2) is 4.79. The van der Waals surface area contributed by atoms with E-state index in [1.807, 2.05) is 0 Å². The zero-order valence-corrected chi connectivity index (χ0v) is 9.80. The first-order valence-corrected chi connectivity index (χ1v) is 5.35. The zero-order chi connectivity index (χ0) is 13.1. The van der Waals surface area contributed by atoms with Crippen molar-refractivity contribution in [3.05, 3.63) is 41.3 Å². The molecule has 0 aliphatic heterocycles. The smallest absolute Gasteiger partial charge is 0.253 e. The van der Waals surface area contributed by atoms with Crippen LogP contribution in [-0.2, 0) is 6.54 Å². The van der Waals surface area contributed by atoms with E-state index in [1.165, 1.54) is 18.2 Å². The molecule has 0 atom stereocenters. The van der Waals surface area contributed by atoms with Crippen molar-refractivity contribution in [2.75, 3.05) is 5.73 Å². The SMILES string of the molecule is Cc1cc(CNC(=O)c2cc(O)ccc2N)on1. The van der Waals surface area contributed by atoms with Crippen molar-refractivity contribution < 1.29 is 14.4 Å². The van der Waals surface area contributed by atoms with Crippen molar-refractivity contribution >= 4 is 11.6 Å². The van der Waals surface area contributed by atoms with Crippen LogP contribution in [0.4, 0.5) is 5.69 Å². The molecule has 0 aliphatic carbocycles. The molecule has 4 N–H and O–H groups in total. The lowest BCUT2D eigenvalue weighted by molar-refractivity contribution is 0.0947. The van der Waals surface area contributed by atoms with Gasteiger partial charge in [-0.25, -0.2) is 0 Å². The minimum atomic E-state index is -0.377. The van der Waals surface area contributed by atoms with Gasteiger partial charge in [-0.3, -0.25) is 4.79 Å². The molecule has 2 rings (SSSR count). The minimum absolute atomic E-state index is 0.00939. The molecule has 6 heteroatoms. The Kier molecular flexibility index (Phi) is 3.18. The standard InChI is InChI=1S/C12H13N3O3/c1-7-4-9(18-15-7)6-14-12(17)10-5-8(16)2-3-11(10)13/h2-5,16H,6,13H2,1H3,(H,14,17). The summed E-state index contributed by atoms with van der Waals surface area (Å²) in [6, 6.07) is 5.94. The van der Waals surface area contributed by atoms with Crippen LogP contribution in [0.3, 0.4) is 0 Å². The van der Waals surface area contributed by atoms with E-state index in [0.29, 0.717) is 11.4 Å². The number of phenolic OH excluding ortho intramolecular Hbond substituents is 1. The Labute approximate surface area is 103 Å². The van der Waals surface area contributed by atoms with Crippen LogP contribution in [0.15, 0.2) is 28.8 Å². The topological polar surface area (TPSA) is 101 Å². The Morgan fingerprint density at radius 1 is 1.50 bits per heavy atom. The number of aromatic hydroxyl groups is 1. The van der Waals surface area contributed by atoms with Crippen molar-refractivity contribution in [2.24, 2.45) is 0 Å². The van der Waals surface area contributed by atoms with E-state index in [9.17, 15) is 9.90 Å². The predicted molar refractivity (Wildman–Crippen MR) is 64.9 cm³/mol. The molecule has 0 fully saturated rings. The second-order valence-corrected chi connectivity index (χ2v) is 3.89. The highest BCUT2D eigenvalue weighted by molar-refractivity contribution is 5.99. The van der Waals surface area contributed by atoms with E-state index in [4.69, 9.17) is 10.3 Å². The summed E-state index contributed by atoms with van der Waals surface area (Å²) in [6.45, 7) is 2.01. The number of hydrogen-bond acceptors (Lipinski definition) is 5. The van der Waals surface area contributed by atoms with Crippen LogP contribution in [-0.4, -0.2) is 16.2 Å². The zero-order valence-electron chi connectivity index (χ0n) is 9.80. The highest BCUT2D eigenvalue weighted by Crippen LogP contribution is 2.18. The third-order valence-corrected chi connectivity index (χ3v) is 2.38. The maximum atomic E-state index is 11.8. The Morgan fingerprint density at radius 3 is 2.94 bits per heavy atom. The third-order valence-electron chi connectivity index (χ3n) is 2.38. The number of amides is 1. The van der Waals surface area contributed by atoms with Gasteiger partial charge >= 0.3 is 0 Å². The lowest BCUT2D eigenvalue weighted by Gasteiger charge is -2.06. The fraction of sp³-hybridized carbons (Fsp3) is 0.167. The minimum Gasteiger partial charge on any atom is -0.508 e. The number of nitrogen functional groups attached to an aromatic ring is 1. The van der Waals surface area contributed by atoms with E-state index in [2.05, 4.69) is 10.5 Å². The monoisotopic (exact) mass is 247 g/mol. The molecule has 0 spiro atoms. The van der Waals surface area contributed by atoms with Crippen molar-refractivity contribution in [1.29, 1.82) is 0 Å². The van der Waals surface area contributed by atoms with Gasteiger partial charge in [0, 0.05) is 11.8 Å². The van der Waals surface area contributed by atoms with Crippen LogP contribution in [0, 0.1) is 6.92 Å². The van der Waals surface area contributed by atoms with Gasteiger partial charge in [-0.05, 0) is 25.1 Å². The maximum absolute atomic E-state index is 11.8. The number of rotatable bonds is 3. The number of carbonyl (C=O) groups is 1. The van der Waals surface area contributed by atoms with Gasteiger partial charge in [0.2, 0.25) is 0 Å². The number of phenols is 1. The summed E-state index contributed by atoms with van der Waals surface area (Å²) in [5.74, 6) is 0.168. The van der Waals surface area contributed by atoms with Crippen molar-refractivity contribution in [1.82, 2.24) is 10.5 Å². The molecule has 0 saturated carbocycles. The maximum Gasteiger partial charge on any atom is 0.253 e. The summed E-state index contributed by atoms with van der Waals surface area (Å²) in [5.41, 5.74) is 6.93. The first-order valence-electron chi connectivity index (χ1n) is 5.35. The summed E-state index contributed by atoms with van der Waals surface area (Å²) in [6.07, 6.45) is 0. The second-order valence-electron chi connectivity index (χ2n) is 3.89. The summed E-state index contributed by atoms with van der Waals surface area (Å²) in [4.78, 5) is 11.8. The molecule has 1 amide bonds. The predicted octanol–water partition coefficient (Wildman–Crippen LogP) is 1.20. The van der Waals surface area contributed by atoms with Crippen LogP contribution in [0.1, 0.15) is 21.8 Å². The molecule has 6 nitrogen and oxygen atoms in total. The molecule has 0 unspecified atom stereocenters. The number of hydrogen-bond donors (Lipinski definition) is 3. The number of nitrogens with zero attached hydrogens (tertiary/aromatic N) is 1. The Bertz CT molecular complexity index is 578. The molecule has 0 saturated heterocycles. The number of nitrogens with one attached hydrogen (secondary N) is 1. The van der Waals surface area contributed by atoms with E-state index in [0.717, 1.165) is 5.69 Å². The number of anilines is 1. The van der Waals surface area contributed by atoms with Crippen LogP contribution >= 0.6 is 0 Å². The highest BCUT2D eigenvalue weighted by atomic mass is 16.5. The molecule has 0 bridgehead atoms. The molecular formula is C12H13N3O3. The molecule has 1 heterocycles. The molecule has 18 heavy (non-hydrogen) atoms. The summed E-state index contributed by atoms with van der Waals surface area (Å²) < 4.78 is 4.96. The van der Waals surface area contributed by atoms with Crippen molar-refractivity contribution in [2.45, 2.75) is 13.5 Å².